The van der Waals surface area contributed by atoms with Gasteiger partial charge in [0.2, 0.25) is 0 Å². The van der Waals surface area contributed by atoms with Crippen LogP contribution in [0.4, 0.5) is 8.78 Å². The first-order chi connectivity index (χ1) is 8.63. The third-order valence-electron chi connectivity index (χ3n) is 3.60. The summed E-state index contributed by atoms with van der Waals surface area (Å²) in [5.41, 5.74) is 0.852. The Morgan fingerprint density at radius 3 is 2.21 bits per heavy atom. The number of nitrogens with one attached hydrogen (secondary N) is 1. The van der Waals surface area contributed by atoms with Crippen LogP contribution < -0.4 is 5.32 Å². The molecule has 0 amide bonds. The smallest absolute Gasteiger partial charge is 0.162 e. The van der Waals surface area contributed by atoms with E-state index in [4.69, 9.17) is 0 Å². The van der Waals surface area contributed by atoms with Gasteiger partial charge in [-0.05, 0) is 57.2 Å². The Labute approximate surface area is 115 Å². The molecule has 0 bridgehead atoms. The van der Waals surface area contributed by atoms with Crippen LogP contribution in [0.25, 0.3) is 0 Å². The number of rotatable bonds is 4. The quantitative estimate of drug-likeness (QED) is 0.854. The highest BCUT2D eigenvalue weighted by atomic mass is 19.2. The fraction of sp³-hybridized carbons (Fsp3) is 0.625. The lowest BCUT2D eigenvalue weighted by atomic mass is 9.87. The summed E-state index contributed by atoms with van der Waals surface area (Å²) < 4.78 is 27.6. The molecule has 1 nitrogen and oxygen atoms in total. The van der Waals surface area contributed by atoms with Crippen molar-refractivity contribution in [2.45, 2.75) is 53.0 Å². The van der Waals surface area contributed by atoms with E-state index in [1.165, 1.54) is 0 Å². The van der Waals surface area contributed by atoms with Crippen molar-refractivity contribution in [3.05, 3.63) is 34.9 Å². The summed E-state index contributed by atoms with van der Waals surface area (Å²) >= 11 is 0. The number of hydrogen-bond donors (Lipinski definition) is 1. The van der Waals surface area contributed by atoms with E-state index in [1.807, 2.05) is 6.92 Å². The molecule has 0 saturated heterocycles. The second kappa shape index (κ2) is 6.00. The fourth-order valence-electron chi connectivity index (χ4n) is 1.96. The minimum atomic E-state index is -0.722. The average Bonchev–Trinajstić information content (AvgIpc) is 2.31. The van der Waals surface area contributed by atoms with E-state index in [0.717, 1.165) is 6.54 Å². The van der Waals surface area contributed by atoms with Gasteiger partial charge in [0, 0.05) is 5.54 Å². The standard InChI is InChI=1S/C16H25F2N/c1-10-7-8-13(15(18)14(10)17)12(3)11(2)9-19-16(4,5)6/h7-8,11-12,19H,9H2,1-6H3. The van der Waals surface area contributed by atoms with Crippen molar-refractivity contribution in [1.82, 2.24) is 5.32 Å². The summed E-state index contributed by atoms with van der Waals surface area (Å²) in [4.78, 5) is 0. The Hall–Kier alpha value is -0.960. The van der Waals surface area contributed by atoms with Gasteiger partial charge in [0.15, 0.2) is 11.6 Å². The number of benzene rings is 1. The van der Waals surface area contributed by atoms with Crippen molar-refractivity contribution in [3.8, 4) is 0 Å². The van der Waals surface area contributed by atoms with Gasteiger partial charge in [0.25, 0.3) is 0 Å². The zero-order chi connectivity index (χ0) is 14.8. The molecule has 0 heterocycles. The van der Waals surface area contributed by atoms with E-state index in [0.29, 0.717) is 11.1 Å². The zero-order valence-corrected chi connectivity index (χ0v) is 12.8. The van der Waals surface area contributed by atoms with Gasteiger partial charge < -0.3 is 5.32 Å². The molecule has 0 aromatic heterocycles. The van der Waals surface area contributed by atoms with Crippen LogP contribution in [-0.2, 0) is 0 Å². The minimum absolute atomic E-state index is 0.0232. The Balaban J connectivity index is 2.83. The first-order valence-corrected chi connectivity index (χ1v) is 6.83. The van der Waals surface area contributed by atoms with E-state index in [-0.39, 0.29) is 17.4 Å². The zero-order valence-electron chi connectivity index (χ0n) is 12.8. The molecule has 3 heteroatoms. The first kappa shape index (κ1) is 16.1. The van der Waals surface area contributed by atoms with Gasteiger partial charge in [0.05, 0.1) is 0 Å². The molecule has 0 radical (unpaired) electrons. The highest BCUT2D eigenvalue weighted by molar-refractivity contribution is 5.28. The molecular formula is C16H25F2N. The van der Waals surface area contributed by atoms with E-state index in [1.54, 1.807) is 19.1 Å². The Bertz CT molecular complexity index is 435. The Morgan fingerprint density at radius 1 is 1.11 bits per heavy atom. The van der Waals surface area contributed by atoms with Crippen molar-refractivity contribution in [2.24, 2.45) is 5.92 Å². The van der Waals surface area contributed by atoms with E-state index >= 15 is 0 Å². The number of hydrogen-bond acceptors (Lipinski definition) is 1. The summed E-state index contributed by atoms with van der Waals surface area (Å²) in [6, 6.07) is 3.35. The molecule has 0 fully saturated rings. The van der Waals surface area contributed by atoms with Gasteiger partial charge >= 0.3 is 0 Å². The van der Waals surface area contributed by atoms with Gasteiger partial charge in [-0.15, -0.1) is 0 Å². The Kier molecular flexibility index (Phi) is 5.08. The van der Waals surface area contributed by atoms with Crippen LogP contribution in [0.5, 0.6) is 0 Å². The van der Waals surface area contributed by atoms with Crippen LogP contribution in [0, 0.1) is 24.5 Å². The summed E-state index contributed by atoms with van der Waals surface area (Å²) in [5, 5.41) is 3.40. The monoisotopic (exact) mass is 269 g/mol. The minimum Gasteiger partial charge on any atom is -0.312 e. The van der Waals surface area contributed by atoms with Crippen LogP contribution in [-0.4, -0.2) is 12.1 Å². The lowest BCUT2D eigenvalue weighted by Crippen LogP contribution is -2.39. The van der Waals surface area contributed by atoms with E-state index in [2.05, 4.69) is 33.0 Å². The maximum absolute atomic E-state index is 14.0. The third-order valence-corrected chi connectivity index (χ3v) is 3.60. The molecule has 1 aromatic carbocycles. The van der Waals surface area contributed by atoms with Crippen LogP contribution >= 0.6 is 0 Å². The molecule has 1 aromatic rings. The summed E-state index contributed by atoms with van der Waals surface area (Å²) in [5.74, 6) is -1.21. The second-order valence-electron chi connectivity index (χ2n) is 6.50. The molecule has 0 saturated carbocycles. The topological polar surface area (TPSA) is 12.0 Å². The largest absolute Gasteiger partial charge is 0.312 e. The second-order valence-corrected chi connectivity index (χ2v) is 6.50. The molecule has 0 spiro atoms. The van der Waals surface area contributed by atoms with Gasteiger partial charge in [-0.25, -0.2) is 8.78 Å². The van der Waals surface area contributed by atoms with Crippen molar-refractivity contribution >= 4 is 0 Å². The molecule has 19 heavy (non-hydrogen) atoms. The molecule has 2 atom stereocenters. The number of aryl methyl sites for hydroxylation is 1. The van der Waals surface area contributed by atoms with Gasteiger partial charge in [0.1, 0.15) is 0 Å². The Morgan fingerprint density at radius 2 is 1.68 bits per heavy atom. The summed E-state index contributed by atoms with van der Waals surface area (Å²) in [6.45, 7) is 12.6. The summed E-state index contributed by atoms with van der Waals surface area (Å²) in [6.07, 6.45) is 0. The van der Waals surface area contributed by atoms with Gasteiger partial charge in [-0.2, -0.15) is 0 Å². The normalized spacial score (nSPS) is 15.4. The van der Waals surface area contributed by atoms with Crippen molar-refractivity contribution in [2.75, 3.05) is 6.54 Å². The molecule has 1 rings (SSSR count). The highest BCUT2D eigenvalue weighted by Crippen LogP contribution is 2.28. The predicted octanol–water partition coefficient (Wildman–Crippen LogP) is 4.40. The van der Waals surface area contributed by atoms with Crippen LogP contribution in [0.15, 0.2) is 12.1 Å². The van der Waals surface area contributed by atoms with Crippen LogP contribution in [0.3, 0.4) is 0 Å². The fourth-order valence-corrected chi connectivity index (χ4v) is 1.96. The SMILES string of the molecule is Cc1ccc(C(C)C(C)CNC(C)(C)C)c(F)c1F. The van der Waals surface area contributed by atoms with Gasteiger partial charge in [-0.3, -0.25) is 0 Å². The number of halogens is 2. The van der Waals surface area contributed by atoms with E-state index in [9.17, 15) is 8.78 Å². The molecular weight excluding hydrogens is 244 g/mol. The lowest BCUT2D eigenvalue weighted by Gasteiger charge is -2.27. The molecule has 108 valence electrons. The molecule has 0 aliphatic rings. The van der Waals surface area contributed by atoms with Crippen LogP contribution in [0.1, 0.15) is 51.7 Å². The van der Waals surface area contributed by atoms with E-state index < -0.39 is 11.6 Å². The first-order valence-electron chi connectivity index (χ1n) is 6.83. The van der Waals surface area contributed by atoms with Crippen molar-refractivity contribution < 1.29 is 8.78 Å². The highest BCUT2D eigenvalue weighted by Gasteiger charge is 2.22. The molecule has 0 aliphatic heterocycles. The van der Waals surface area contributed by atoms with Gasteiger partial charge in [-0.1, -0.05) is 26.0 Å². The maximum atomic E-state index is 14.0. The van der Waals surface area contributed by atoms with Crippen molar-refractivity contribution in [3.63, 3.8) is 0 Å². The molecule has 2 unspecified atom stereocenters. The lowest BCUT2D eigenvalue weighted by molar-refractivity contribution is 0.353. The third kappa shape index (κ3) is 4.27. The average molecular weight is 269 g/mol. The predicted molar refractivity (Wildman–Crippen MR) is 76.4 cm³/mol. The molecule has 0 aliphatic carbocycles. The summed E-state index contributed by atoms with van der Waals surface area (Å²) in [7, 11) is 0. The van der Waals surface area contributed by atoms with Crippen LogP contribution in [0.2, 0.25) is 0 Å². The van der Waals surface area contributed by atoms with Crippen molar-refractivity contribution in [1.29, 1.82) is 0 Å². The molecule has 1 N–H and O–H groups in total. The maximum Gasteiger partial charge on any atom is 0.162 e.